The monoisotopic (exact) mass is 348 g/mol. The first-order valence-electron chi connectivity index (χ1n) is 8.22. The third kappa shape index (κ3) is 4.14. The summed E-state index contributed by atoms with van der Waals surface area (Å²) in [6.07, 6.45) is 4.92. The quantitative estimate of drug-likeness (QED) is 0.872. The molecule has 1 heterocycles. The number of aromatic nitrogens is 3. The van der Waals surface area contributed by atoms with Crippen LogP contribution in [-0.4, -0.2) is 37.9 Å². The smallest absolute Gasteiger partial charge is 0.273 e. The van der Waals surface area contributed by atoms with E-state index in [2.05, 4.69) is 22.6 Å². The minimum absolute atomic E-state index is 0.186. The van der Waals surface area contributed by atoms with Gasteiger partial charge in [0.15, 0.2) is 5.69 Å². The van der Waals surface area contributed by atoms with E-state index < -0.39 is 0 Å². The van der Waals surface area contributed by atoms with Gasteiger partial charge >= 0.3 is 0 Å². The lowest BCUT2D eigenvalue weighted by molar-refractivity contribution is 0.0933. The second-order valence-electron chi connectivity index (χ2n) is 5.94. The summed E-state index contributed by atoms with van der Waals surface area (Å²) >= 11 is 1.90. The number of thioether (sulfide) groups is 1. The fourth-order valence-electron chi connectivity index (χ4n) is 3.05. The molecule has 1 amide bonds. The Hall–Kier alpha value is -1.89. The van der Waals surface area contributed by atoms with Gasteiger partial charge in [-0.3, -0.25) is 4.79 Å². The molecule has 2 atom stereocenters. The van der Waals surface area contributed by atoms with Crippen LogP contribution < -0.4 is 5.32 Å². The van der Waals surface area contributed by atoms with Gasteiger partial charge in [0.25, 0.3) is 5.91 Å². The Morgan fingerprint density at radius 3 is 3.12 bits per heavy atom. The van der Waals surface area contributed by atoms with Gasteiger partial charge in [0.2, 0.25) is 0 Å². The molecule has 1 aromatic heterocycles. The van der Waals surface area contributed by atoms with E-state index >= 15 is 0 Å². The SMILES string of the molecule is CCSC1CCCC1NC(=O)c1cn(Cc2cccc(F)c2)nn1. The van der Waals surface area contributed by atoms with E-state index in [1.807, 2.05) is 17.8 Å². The molecule has 1 fully saturated rings. The topological polar surface area (TPSA) is 59.8 Å². The van der Waals surface area contributed by atoms with Crippen LogP contribution in [0.2, 0.25) is 0 Å². The maximum absolute atomic E-state index is 13.2. The van der Waals surface area contributed by atoms with Crippen molar-refractivity contribution in [2.75, 3.05) is 5.75 Å². The molecule has 3 rings (SSSR count). The van der Waals surface area contributed by atoms with E-state index in [-0.39, 0.29) is 17.8 Å². The lowest BCUT2D eigenvalue weighted by Gasteiger charge is -2.19. The van der Waals surface area contributed by atoms with Crippen molar-refractivity contribution in [3.63, 3.8) is 0 Å². The van der Waals surface area contributed by atoms with Crippen molar-refractivity contribution in [3.05, 3.63) is 47.5 Å². The Bertz CT molecular complexity index is 705. The van der Waals surface area contributed by atoms with Crippen LogP contribution in [0.3, 0.4) is 0 Å². The highest BCUT2D eigenvalue weighted by Crippen LogP contribution is 2.29. The fourth-order valence-corrected chi connectivity index (χ4v) is 4.25. The molecule has 0 radical (unpaired) electrons. The number of halogens is 1. The van der Waals surface area contributed by atoms with Crippen LogP contribution in [0.5, 0.6) is 0 Å². The summed E-state index contributed by atoms with van der Waals surface area (Å²) in [5, 5.41) is 11.5. The number of hydrogen-bond donors (Lipinski definition) is 1. The first-order valence-corrected chi connectivity index (χ1v) is 9.27. The maximum atomic E-state index is 13.2. The van der Waals surface area contributed by atoms with Crippen molar-refractivity contribution >= 4 is 17.7 Å². The zero-order valence-corrected chi connectivity index (χ0v) is 14.4. The Labute approximate surface area is 145 Å². The molecule has 1 saturated carbocycles. The largest absolute Gasteiger partial charge is 0.347 e. The lowest BCUT2D eigenvalue weighted by atomic mass is 10.2. The number of hydrogen-bond acceptors (Lipinski definition) is 4. The standard InChI is InChI=1S/C17H21FN4OS/c1-2-24-16-8-4-7-14(16)19-17(23)15-11-22(21-20-15)10-12-5-3-6-13(18)9-12/h3,5-6,9,11,14,16H,2,4,7-8,10H2,1H3,(H,19,23). The minimum atomic E-state index is -0.286. The number of carbonyl (C=O) groups is 1. The first-order chi connectivity index (χ1) is 11.7. The van der Waals surface area contributed by atoms with Crippen molar-refractivity contribution in [1.29, 1.82) is 0 Å². The molecule has 1 aromatic carbocycles. The number of benzene rings is 1. The molecule has 0 saturated heterocycles. The van der Waals surface area contributed by atoms with Crippen LogP contribution >= 0.6 is 11.8 Å². The van der Waals surface area contributed by atoms with Gasteiger partial charge in [0, 0.05) is 11.3 Å². The molecule has 2 aromatic rings. The third-order valence-corrected chi connectivity index (χ3v) is 5.48. The predicted octanol–water partition coefficient (Wildman–Crippen LogP) is 2.87. The Kier molecular flexibility index (Phi) is 5.50. The van der Waals surface area contributed by atoms with Crippen LogP contribution in [0.15, 0.2) is 30.5 Å². The summed E-state index contributed by atoms with van der Waals surface area (Å²) in [6, 6.07) is 6.52. The van der Waals surface area contributed by atoms with Crippen LogP contribution in [0.1, 0.15) is 42.2 Å². The van der Waals surface area contributed by atoms with Crippen LogP contribution in [0.25, 0.3) is 0 Å². The van der Waals surface area contributed by atoms with E-state index in [1.54, 1.807) is 16.9 Å². The van der Waals surface area contributed by atoms with Gasteiger partial charge in [-0.15, -0.1) is 5.10 Å². The normalized spacial score (nSPS) is 20.2. The van der Waals surface area contributed by atoms with Crippen LogP contribution in [0.4, 0.5) is 4.39 Å². The molecule has 5 nitrogen and oxygen atoms in total. The highest BCUT2D eigenvalue weighted by molar-refractivity contribution is 7.99. The number of amides is 1. The zero-order valence-electron chi connectivity index (χ0n) is 13.6. The number of nitrogens with zero attached hydrogens (tertiary/aromatic N) is 3. The molecule has 1 aliphatic rings. The Morgan fingerprint density at radius 2 is 2.33 bits per heavy atom. The average molecular weight is 348 g/mol. The van der Waals surface area contributed by atoms with Crippen LogP contribution in [-0.2, 0) is 6.54 Å². The predicted molar refractivity (Wildman–Crippen MR) is 92.5 cm³/mol. The van der Waals surface area contributed by atoms with Crippen molar-refractivity contribution in [3.8, 4) is 0 Å². The van der Waals surface area contributed by atoms with Crippen LogP contribution in [0, 0.1) is 5.82 Å². The molecule has 24 heavy (non-hydrogen) atoms. The zero-order chi connectivity index (χ0) is 16.9. The summed E-state index contributed by atoms with van der Waals surface area (Å²) in [5.74, 6) is 0.585. The molecule has 128 valence electrons. The van der Waals surface area contributed by atoms with Crippen molar-refractivity contribution < 1.29 is 9.18 Å². The molecule has 0 spiro atoms. The molecular weight excluding hydrogens is 327 g/mol. The van der Waals surface area contributed by atoms with Gasteiger partial charge in [-0.1, -0.05) is 30.7 Å². The van der Waals surface area contributed by atoms with Gasteiger partial charge in [0.05, 0.1) is 12.7 Å². The second kappa shape index (κ2) is 7.79. The molecule has 0 bridgehead atoms. The molecule has 1 aliphatic carbocycles. The van der Waals surface area contributed by atoms with Crippen molar-refractivity contribution in [2.24, 2.45) is 0 Å². The van der Waals surface area contributed by atoms with E-state index in [9.17, 15) is 9.18 Å². The summed E-state index contributed by atoms with van der Waals surface area (Å²) in [5.41, 5.74) is 1.08. The van der Waals surface area contributed by atoms with Crippen molar-refractivity contribution in [1.82, 2.24) is 20.3 Å². The molecule has 2 unspecified atom stereocenters. The fraction of sp³-hybridized carbons (Fsp3) is 0.471. The minimum Gasteiger partial charge on any atom is -0.347 e. The summed E-state index contributed by atoms with van der Waals surface area (Å²) < 4.78 is 14.8. The van der Waals surface area contributed by atoms with Gasteiger partial charge in [-0.05, 0) is 36.3 Å². The molecule has 0 aliphatic heterocycles. The number of nitrogens with one attached hydrogen (secondary N) is 1. The maximum Gasteiger partial charge on any atom is 0.273 e. The Balaban J connectivity index is 1.61. The highest BCUT2D eigenvalue weighted by Gasteiger charge is 2.29. The van der Waals surface area contributed by atoms with Gasteiger partial charge in [-0.25, -0.2) is 9.07 Å². The molecule has 1 N–H and O–H groups in total. The summed E-state index contributed by atoms with van der Waals surface area (Å²) in [7, 11) is 0. The third-order valence-electron chi connectivity index (χ3n) is 4.15. The average Bonchev–Trinajstić information content (AvgIpc) is 3.18. The molecular formula is C17H21FN4OS. The lowest BCUT2D eigenvalue weighted by Crippen LogP contribution is -2.39. The van der Waals surface area contributed by atoms with E-state index in [0.717, 1.165) is 30.6 Å². The van der Waals surface area contributed by atoms with Gasteiger partial charge in [0.1, 0.15) is 5.82 Å². The summed E-state index contributed by atoms with van der Waals surface area (Å²) in [6.45, 7) is 2.52. The van der Waals surface area contributed by atoms with E-state index in [4.69, 9.17) is 0 Å². The highest BCUT2D eigenvalue weighted by atomic mass is 32.2. The second-order valence-corrected chi connectivity index (χ2v) is 7.45. The number of carbonyl (C=O) groups excluding carboxylic acids is 1. The number of rotatable bonds is 6. The van der Waals surface area contributed by atoms with Crippen molar-refractivity contribution in [2.45, 2.75) is 44.0 Å². The Morgan fingerprint density at radius 1 is 1.46 bits per heavy atom. The van der Waals surface area contributed by atoms with E-state index in [0.29, 0.717) is 17.5 Å². The van der Waals surface area contributed by atoms with E-state index in [1.165, 1.54) is 12.1 Å². The summed E-state index contributed by atoms with van der Waals surface area (Å²) in [4.78, 5) is 12.4. The molecule has 7 heteroatoms. The first kappa shape index (κ1) is 17.0. The van der Waals surface area contributed by atoms with Gasteiger partial charge < -0.3 is 5.32 Å². The van der Waals surface area contributed by atoms with Gasteiger partial charge in [-0.2, -0.15) is 11.8 Å².